The molecule has 0 aliphatic heterocycles. The number of hydrogen-bond donors (Lipinski definition) is 0. The summed E-state index contributed by atoms with van der Waals surface area (Å²) in [4.78, 5) is 11.8. The van der Waals surface area contributed by atoms with Gasteiger partial charge in [-0.15, -0.1) is 0 Å². The molecule has 0 aromatic heterocycles. The average Bonchev–Trinajstić information content (AvgIpc) is 2.37. The molecule has 0 amide bonds. The van der Waals surface area contributed by atoms with Gasteiger partial charge >= 0.3 is 5.97 Å². The van der Waals surface area contributed by atoms with E-state index >= 15 is 0 Å². The van der Waals surface area contributed by atoms with Crippen molar-refractivity contribution in [3.63, 3.8) is 0 Å². The maximum absolute atomic E-state index is 11.8. The summed E-state index contributed by atoms with van der Waals surface area (Å²) in [6, 6.07) is 9.62. The zero-order chi connectivity index (χ0) is 13.4. The molecule has 0 radical (unpaired) electrons. The molecule has 1 aromatic rings. The second-order valence-corrected chi connectivity index (χ2v) is 4.26. The Morgan fingerprint density at radius 2 is 1.89 bits per heavy atom. The summed E-state index contributed by atoms with van der Waals surface area (Å²) in [5, 5.41) is 0. The molecule has 0 N–H and O–H groups in total. The van der Waals surface area contributed by atoms with Gasteiger partial charge in [-0.1, -0.05) is 37.3 Å². The number of ether oxygens (including phenoxy) is 2. The molecule has 0 saturated carbocycles. The molecule has 3 nitrogen and oxygen atoms in total. The normalized spacial score (nSPS) is 13.9. The van der Waals surface area contributed by atoms with E-state index in [2.05, 4.69) is 0 Å². The first-order valence-corrected chi connectivity index (χ1v) is 6.52. The summed E-state index contributed by atoms with van der Waals surface area (Å²) in [7, 11) is 0. The first kappa shape index (κ1) is 14.7. The first-order chi connectivity index (χ1) is 8.67. The molecule has 2 atom stereocenters. The standard InChI is InChI=1S/C15H22O3/c1-4-14(12(3)17-5-2)18-15(16)11-13-9-7-6-8-10-13/h6-10,12,14H,4-5,11H2,1-3H3. The number of esters is 1. The van der Waals surface area contributed by atoms with Crippen LogP contribution in [0.4, 0.5) is 0 Å². The molecule has 0 heterocycles. The second-order valence-electron chi connectivity index (χ2n) is 4.26. The van der Waals surface area contributed by atoms with Gasteiger partial charge in [0, 0.05) is 6.61 Å². The average molecular weight is 250 g/mol. The predicted molar refractivity (Wildman–Crippen MR) is 71.4 cm³/mol. The Morgan fingerprint density at radius 3 is 2.44 bits per heavy atom. The van der Waals surface area contributed by atoms with Crippen LogP contribution in [0.2, 0.25) is 0 Å². The highest BCUT2D eigenvalue weighted by Gasteiger charge is 2.20. The van der Waals surface area contributed by atoms with E-state index in [1.807, 2.05) is 51.1 Å². The van der Waals surface area contributed by atoms with Gasteiger partial charge in [0.25, 0.3) is 0 Å². The molecule has 3 heteroatoms. The van der Waals surface area contributed by atoms with E-state index in [0.29, 0.717) is 13.0 Å². The van der Waals surface area contributed by atoms with Crippen molar-refractivity contribution >= 4 is 5.97 Å². The Hall–Kier alpha value is -1.35. The maximum atomic E-state index is 11.8. The second kappa shape index (κ2) is 7.88. The summed E-state index contributed by atoms with van der Waals surface area (Å²) in [6.07, 6.45) is 0.860. The molecule has 100 valence electrons. The Kier molecular flexibility index (Phi) is 6.44. The largest absolute Gasteiger partial charge is 0.459 e. The minimum absolute atomic E-state index is 0.0558. The molecule has 0 fully saturated rings. The van der Waals surface area contributed by atoms with Crippen molar-refractivity contribution in [2.45, 2.75) is 45.8 Å². The van der Waals surface area contributed by atoms with Crippen LogP contribution in [0.1, 0.15) is 32.8 Å². The minimum atomic E-state index is -0.195. The summed E-state index contributed by atoms with van der Waals surface area (Å²) < 4.78 is 10.9. The van der Waals surface area contributed by atoms with E-state index in [9.17, 15) is 4.79 Å². The number of hydrogen-bond acceptors (Lipinski definition) is 3. The minimum Gasteiger partial charge on any atom is -0.459 e. The van der Waals surface area contributed by atoms with Crippen LogP contribution in [0.25, 0.3) is 0 Å². The molecule has 2 unspecified atom stereocenters. The Labute approximate surface area is 109 Å². The fourth-order valence-corrected chi connectivity index (χ4v) is 1.85. The van der Waals surface area contributed by atoms with Crippen LogP contribution in [-0.4, -0.2) is 24.8 Å². The van der Waals surface area contributed by atoms with Crippen molar-refractivity contribution in [2.75, 3.05) is 6.61 Å². The van der Waals surface area contributed by atoms with Crippen molar-refractivity contribution in [1.29, 1.82) is 0 Å². The Morgan fingerprint density at radius 1 is 1.22 bits per heavy atom. The smallest absolute Gasteiger partial charge is 0.310 e. The van der Waals surface area contributed by atoms with Crippen LogP contribution in [0.5, 0.6) is 0 Å². The van der Waals surface area contributed by atoms with Gasteiger partial charge < -0.3 is 9.47 Å². The zero-order valence-electron chi connectivity index (χ0n) is 11.4. The lowest BCUT2D eigenvalue weighted by Gasteiger charge is -2.22. The monoisotopic (exact) mass is 250 g/mol. The fraction of sp³-hybridized carbons (Fsp3) is 0.533. The lowest BCUT2D eigenvalue weighted by atomic mass is 10.1. The van der Waals surface area contributed by atoms with Gasteiger partial charge in [0.1, 0.15) is 6.10 Å². The van der Waals surface area contributed by atoms with E-state index in [1.165, 1.54) is 0 Å². The van der Waals surface area contributed by atoms with Crippen LogP contribution >= 0.6 is 0 Å². The first-order valence-electron chi connectivity index (χ1n) is 6.52. The summed E-state index contributed by atoms with van der Waals surface area (Å²) in [6.45, 7) is 6.51. The predicted octanol–water partition coefficient (Wildman–Crippen LogP) is 2.98. The maximum Gasteiger partial charge on any atom is 0.310 e. The molecule has 18 heavy (non-hydrogen) atoms. The molecule has 0 aliphatic rings. The molecule has 1 rings (SSSR count). The SMILES string of the molecule is CCOC(C)C(CC)OC(=O)Cc1ccccc1. The van der Waals surface area contributed by atoms with Crippen LogP contribution in [0, 0.1) is 0 Å². The van der Waals surface area contributed by atoms with Gasteiger partial charge in [0.2, 0.25) is 0 Å². The van der Waals surface area contributed by atoms with E-state index < -0.39 is 0 Å². The number of rotatable bonds is 7. The molecule has 0 aliphatic carbocycles. The number of carbonyl (C=O) groups excluding carboxylic acids is 1. The van der Waals surface area contributed by atoms with Crippen molar-refractivity contribution in [1.82, 2.24) is 0 Å². The molecular weight excluding hydrogens is 228 g/mol. The summed E-state index contributed by atoms with van der Waals surface area (Å²) >= 11 is 0. The Bertz CT molecular complexity index is 348. The van der Waals surface area contributed by atoms with E-state index in [1.54, 1.807) is 0 Å². The van der Waals surface area contributed by atoms with Crippen LogP contribution in [-0.2, 0) is 20.7 Å². The molecular formula is C15H22O3. The summed E-state index contributed by atoms with van der Waals surface area (Å²) in [5.74, 6) is -0.195. The van der Waals surface area contributed by atoms with Gasteiger partial charge in [-0.2, -0.15) is 0 Å². The molecule has 0 bridgehead atoms. The lowest BCUT2D eigenvalue weighted by molar-refractivity contribution is -0.156. The van der Waals surface area contributed by atoms with E-state index in [-0.39, 0.29) is 18.2 Å². The third kappa shape index (κ3) is 4.88. The van der Waals surface area contributed by atoms with Gasteiger partial charge in [-0.25, -0.2) is 0 Å². The van der Waals surface area contributed by atoms with Crippen molar-refractivity contribution in [2.24, 2.45) is 0 Å². The molecule has 0 saturated heterocycles. The molecule has 1 aromatic carbocycles. The summed E-state index contributed by atoms with van der Waals surface area (Å²) in [5.41, 5.74) is 0.974. The number of carbonyl (C=O) groups is 1. The highest BCUT2D eigenvalue weighted by Crippen LogP contribution is 2.10. The quantitative estimate of drug-likeness (QED) is 0.698. The van der Waals surface area contributed by atoms with Gasteiger partial charge in [-0.05, 0) is 25.8 Å². The van der Waals surface area contributed by atoms with Crippen LogP contribution in [0.3, 0.4) is 0 Å². The van der Waals surface area contributed by atoms with E-state index in [4.69, 9.17) is 9.47 Å². The van der Waals surface area contributed by atoms with E-state index in [0.717, 1.165) is 12.0 Å². The van der Waals surface area contributed by atoms with Crippen molar-refractivity contribution in [3.8, 4) is 0 Å². The molecule has 0 spiro atoms. The third-order valence-corrected chi connectivity index (χ3v) is 2.83. The highest BCUT2D eigenvalue weighted by molar-refractivity contribution is 5.72. The van der Waals surface area contributed by atoms with Gasteiger partial charge in [0.15, 0.2) is 0 Å². The third-order valence-electron chi connectivity index (χ3n) is 2.83. The zero-order valence-corrected chi connectivity index (χ0v) is 11.4. The Balaban J connectivity index is 2.47. The lowest BCUT2D eigenvalue weighted by Crippen LogP contribution is -2.31. The van der Waals surface area contributed by atoms with Gasteiger partial charge in [0.05, 0.1) is 12.5 Å². The van der Waals surface area contributed by atoms with Crippen LogP contribution in [0.15, 0.2) is 30.3 Å². The van der Waals surface area contributed by atoms with Gasteiger partial charge in [-0.3, -0.25) is 4.79 Å². The van der Waals surface area contributed by atoms with Crippen LogP contribution < -0.4 is 0 Å². The van der Waals surface area contributed by atoms with Crippen molar-refractivity contribution < 1.29 is 14.3 Å². The fourth-order valence-electron chi connectivity index (χ4n) is 1.85. The number of benzene rings is 1. The van der Waals surface area contributed by atoms with Crippen molar-refractivity contribution in [3.05, 3.63) is 35.9 Å². The topological polar surface area (TPSA) is 35.5 Å². The highest BCUT2D eigenvalue weighted by atomic mass is 16.6.